The Morgan fingerprint density at radius 1 is 1.32 bits per heavy atom. The first-order chi connectivity index (χ1) is 11.8. The van der Waals surface area contributed by atoms with Crippen molar-refractivity contribution in [3.8, 4) is 0 Å². The molecule has 8 nitrogen and oxygen atoms in total. The van der Waals surface area contributed by atoms with Crippen molar-refractivity contribution in [1.82, 2.24) is 10.3 Å². The number of methoxy groups -OCH3 is 1. The van der Waals surface area contributed by atoms with Crippen LogP contribution < -0.4 is 10.2 Å². The number of hydrogen-bond donors (Lipinski definition) is 1. The molecule has 1 aliphatic heterocycles. The highest BCUT2D eigenvalue weighted by molar-refractivity contribution is 6.02. The number of hydrogen-bond acceptors (Lipinski definition) is 7. The highest BCUT2D eigenvalue weighted by Gasteiger charge is 2.36. The number of ether oxygens (including phenoxy) is 2. The van der Waals surface area contributed by atoms with Gasteiger partial charge in [-0.05, 0) is 32.9 Å². The fourth-order valence-electron chi connectivity index (χ4n) is 2.47. The molecule has 1 aliphatic rings. The molecule has 1 amide bonds. The SMILES string of the molecule is COC(=O)c1cccc2oc(N(C(=O)OC(C)(C)C)C3CNC3)nc12. The highest BCUT2D eigenvalue weighted by atomic mass is 16.6. The smallest absolute Gasteiger partial charge is 0.418 e. The van der Waals surface area contributed by atoms with Gasteiger partial charge in [0.05, 0.1) is 18.7 Å². The topological polar surface area (TPSA) is 93.9 Å². The highest BCUT2D eigenvalue weighted by Crippen LogP contribution is 2.28. The molecule has 1 saturated heterocycles. The monoisotopic (exact) mass is 347 g/mol. The van der Waals surface area contributed by atoms with Crippen molar-refractivity contribution in [1.29, 1.82) is 0 Å². The van der Waals surface area contributed by atoms with Crippen LogP contribution >= 0.6 is 0 Å². The Hall–Kier alpha value is -2.61. The third-order valence-electron chi connectivity index (χ3n) is 3.73. The quantitative estimate of drug-likeness (QED) is 0.852. The van der Waals surface area contributed by atoms with E-state index in [0.29, 0.717) is 24.2 Å². The second kappa shape index (κ2) is 6.36. The molecule has 0 spiro atoms. The molecular weight excluding hydrogens is 326 g/mol. The molecule has 2 aromatic rings. The van der Waals surface area contributed by atoms with Gasteiger partial charge in [-0.25, -0.2) is 14.5 Å². The molecule has 0 atom stereocenters. The van der Waals surface area contributed by atoms with Crippen LogP contribution in [0.1, 0.15) is 31.1 Å². The number of nitrogens with zero attached hydrogens (tertiary/aromatic N) is 2. The lowest BCUT2D eigenvalue weighted by Crippen LogP contribution is -2.60. The summed E-state index contributed by atoms with van der Waals surface area (Å²) in [6.45, 7) is 6.61. The first-order valence-electron chi connectivity index (χ1n) is 8.01. The van der Waals surface area contributed by atoms with Gasteiger partial charge in [0, 0.05) is 13.1 Å². The molecule has 8 heteroatoms. The Labute approximate surface area is 145 Å². The molecule has 134 valence electrons. The average Bonchev–Trinajstić information content (AvgIpc) is 2.91. The molecule has 1 aromatic heterocycles. The summed E-state index contributed by atoms with van der Waals surface area (Å²) in [6, 6.07) is 4.94. The number of para-hydroxylation sites is 1. The van der Waals surface area contributed by atoms with Crippen LogP contribution in [0.15, 0.2) is 22.6 Å². The normalized spacial score (nSPS) is 14.9. The van der Waals surface area contributed by atoms with Gasteiger partial charge >= 0.3 is 18.1 Å². The lowest BCUT2D eigenvalue weighted by Gasteiger charge is -2.36. The average molecular weight is 347 g/mol. The van der Waals surface area contributed by atoms with Crippen molar-refractivity contribution >= 4 is 29.2 Å². The number of esters is 1. The van der Waals surface area contributed by atoms with Crippen molar-refractivity contribution < 1.29 is 23.5 Å². The first-order valence-corrected chi connectivity index (χ1v) is 8.01. The third-order valence-corrected chi connectivity index (χ3v) is 3.73. The van der Waals surface area contributed by atoms with Gasteiger partial charge in [-0.2, -0.15) is 4.98 Å². The maximum absolute atomic E-state index is 12.6. The summed E-state index contributed by atoms with van der Waals surface area (Å²) in [4.78, 5) is 30.3. The molecule has 0 bridgehead atoms. The number of anilines is 1. The molecule has 25 heavy (non-hydrogen) atoms. The Bertz CT molecular complexity index is 804. The lowest BCUT2D eigenvalue weighted by atomic mass is 10.1. The zero-order valence-electron chi connectivity index (χ0n) is 14.7. The van der Waals surface area contributed by atoms with Gasteiger partial charge < -0.3 is 19.2 Å². The molecule has 1 N–H and O–H groups in total. The maximum Gasteiger partial charge on any atom is 0.418 e. The minimum atomic E-state index is -0.643. The summed E-state index contributed by atoms with van der Waals surface area (Å²) < 4.78 is 16.0. The molecule has 0 aliphatic carbocycles. The number of oxazole rings is 1. The van der Waals surface area contributed by atoms with Crippen molar-refractivity contribution in [2.45, 2.75) is 32.4 Å². The van der Waals surface area contributed by atoms with Crippen LogP contribution in [-0.2, 0) is 9.47 Å². The zero-order valence-corrected chi connectivity index (χ0v) is 14.7. The number of benzene rings is 1. The largest absolute Gasteiger partial charge is 0.465 e. The van der Waals surface area contributed by atoms with Crippen LogP contribution in [-0.4, -0.2) is 48.9 Å². The standard InChI is InChI=1S/C17H21N3O5/c1-17(2,3)25-16(22)20(10-8-18-9-10)15-19-13-11(14(21)23-4)6-5-7-12(13)24-15/h5-7,10,18H,8-9H2,1-4H3. The van der Waals surface area contributed by atoms with E-state index in [2.05, 4.69) is 10.3 Å². The van der Waals surface area contributed by atoms with Crippen LogP contribution in [0.4, 0.5) is 10.8 Å². The van der Waals surface area contributed by atoms with E-state index in [9.17, 15) is 9.59 Å². The second-order valence-electron chi connectivity index (χ2n) is 6.80. The van der Waals surface area contributed by atoms with E-state index in [4.69, 9.17) is 13.9 Å². The molecule has 3 rings (SSSR count). The van der Waals surface area contributed by atoms with Gasteiger partial charge in [0.15, 0.2) is 5.58 Å². The predicted molar refractivity (Wildman–Crippen MR) is 90.7 cm³/mol. The van der Waals surface area contributed by atoms with Crippen LogP contribution in [0.5, 0.6) is 0 Å². The van der Waals surface area contributed by atoms with Gasteiger partial charge in [0.25, 0.3) is 0 Å². The van der Waals surface area contributed by atoms with Crippen LogP contribution in [0, 0.1) is 0 Å². The summed E-state index contributed by atoms with van der Waals surface area (Å²) >= 11 is 0. The van der Waals surface area contributed by atoms with E-state index in [1.165, 1.54) is 12.0 Å². The molecule has 2 heterocycles. The van der Waals surface area contributed by atoms with Crippen molar-refractivity contribution in [3.05, 3.63) is 23.8 Å². The number of fused-ring (bicyclic) bond motifs is 1. The van der Waals surface area contributed by atoms with Gasteiger partial charge in [0.1, 0.15) is 11.1 Å². The van der Waals surface area contributed by atoms with Crippen LogP contribution in [0.25, 0.3) is 11.1 Å². The van der Waals surface area contributed by atoms with Crippen molar-refractivity contribution in [3.63, 3.8) is 0 Å². The number of carbonyl (C=O) groups is 2. The molecular formula is C17H21N3O5. The summed E-state index contributed by atoms with van der Waals surface area (Å²) in [5, 5.41) is 3.11. The lowest BCUT2D eigenvalue weighted by molar-refractivity contribution is 0.0544. The fourth-order valence-corrected chi connectivity index (χ4v) is 2.47. The van der Waals surface area contributed by atoms with Gasteiger partial charge in [-0.15, -0.1) is 0 Å². The van der Waals surface area contributed by atoms with E-state index in [1.807, 2.05) is 0 Å². The van der Waals surface area contributed by atoms with E-state index in [0.717, 1.165) is 0 Å². The van der Waals surface area contributed by atoms with Crippen molar-refractivity contribution in [2.24, 2.45) is 0 Å². The van der Waals surface area contributed by atoms with E-state index in [1.54, 1.807) is 39.0 Å². The zero-order chi connectivity index (χ0) is 18.2. The second-order valence-corrected chi connectivity index (χ2v) is 6.80. The Balaban J connectivity index is 2.01. The molecule has 0 saturated carbocycles. The van der Waals surface area contributed by atoms with Gasteiger partial charge in [0.2, 0.25) is 0 Å². The number of carbonyl (C=O) groups excluding carboxylic acids is 2. The molecule has 1 aromatic carbocycles. The Morgan fingerprint density at radius 2 is 2.04 bits per heavy atom. The number of rotatable bonds is 3. The molecule has 1 fully saturated rings. The van der Waals surface area contributed by atoms with Gasteiger partial charge in [-0.1, -0.05) is 6.07 Å². The number of nitrogens with one attached hydrogen (secondary N) is 1. The number of aromatic nitrogens is 1. The summed E-state index contributed by atoms with van der Waals surface area (Å²) in [6.07, 6.45) is -0.537. The first kappa shape index (κ1) is 17.2. The third kappa shape index (κ3) is 3.43. The fraction of sp³-hybridized carbons (Fsp3) is 0.471. The molecule has 0 unspecified atom stereocenters. The predicted octanol–water partition coefficient (Wildman–Crippen LogP) is 2.33. The summed E-state index contributed by atoms with van der Waals surface area (Å²) in [5.41, 5.74) is 0.394. The van der Waals surface area contributed by atoms with E-state index >= 15 is 0 Å². The molecule has 0 radical (unpaired) electrons. The Kier molecular flexibility index (Phi) is 4.38. The van der Waals surface area contributed by atoms with E-state index in [-0.39, 0.29) is 17.6 Å². The minimum absolute atomic E-state index is 0.104. The van der Waals surface area contributed by atoms with Crippen LogP contribution in [0.3, 0.4) is 0 Å². The maximum atomic E-state index is 12.6. The van der Waals surface area contributed by atoms with E-state index < -0.39 is 17.7 Å². The summed E-state index contributed by atoms with van der Waals surface area (Å²) in [5.74, 6) is -0.514. The van der Waals surface area contributed by atoms with Crippen molar-refractivity contribution in [2.75, 3.05) is 25.1 Å². The number of amides is 1. The summed E-state index contributed by atoms with van der Waals surface area (Å²) in [7, 11) is 1.30. The van der Waals surface area contributed by atoms with Gasteiger partial charge in [-0.3, -0.25) is 0 Å². The minimum Gasteiger partial charge on any atom is -0.465 e. The van der Waals surface area contributed by atoms with Crippen LogP contribution in [0.2, 0.25) is 0 Å². The Morgan fingerprint density at radius 3 is 2.60 bits per heavy atom.